The third-order valence-corrected chi connectivity index (χ3v) is 4.73. The van der Waals surface area contributed by atoms with Crippen molar-refractivity contribution in [3.63, 3.8) is 0 Å². The van der Waals surface area contributed by atoms with Gasteiger partial charge in [-0.2, -0.15) is 0 Å². The third-order valence-electron chi connectivity index (χ3n) is 4.73. The van der Waals surface area contributed by atoms with E-state index in [2.05, 4.69) is 34.4 Å². The molecule has 1 heterocycles. The molecule has 0 aliphatic carbocycles. The largest absolute Gasteiger partial charge is 0.493 e. The van der Waals surface area contributed by atoms with Crippen molar-refractivity contribution in [2.75, 3.05) is 53.6 Å². The Bertz CT molecular complexity index is 607. The van der Waals surface area contributed by atoms with Crippen LogP contribution in [0.5, 0.6) is 11.5 Å². The van der Waals surface area contributed by atoms with Gasteiger partial charge in [-0.3, -0.25) is 9.89 Å². The van der Waals surface area contributed by atoms with Crippen LogP contribution in [-0.2, 0) is 4.74 Å². The fourth-order valence-electron chi connectivity index (χ4n) is 3.02. The van der Waals surface area contributed by atoms with E-state index >= 15 is 0 Å². The molecule has 1 aromatic carbocycles. The second kappa shape index (κ2) is 12.3. The van der Waals surface area contributed by atoms with E-state index in [-0.39, 0.29) is 35.6 Å². The molecule has 1 atom stereocenters. The van der Waals surface area contributed by atoms with Gasteiger partial charge in [-0.1, -0.05) is 12.1 Å². The van der Waals surface area contributed by atoms with Crippen molar-refractivity contribution in [2.24, 2.45) is 4.99 Å². The second-order valence-corrected chi connectivity index (χ2v) is 7.30. The first-order valence-electron chi connectivity index (χ1n) is 9.53. The summed E-state index contributed by atoms with van der Waals surface area (Å²) in [5.74, 6) is 2.25. The van der Waals surface area contributed by atoms with Crippen LogP contribution in [0.3, 0.4) is 0 Å². The van der Waals surface area contributed by atoms with Crippen molar-refractivity contribution in [1.82, 2.24) is 15.5 Å². The van der Waals surface area contributed by atoms with Crippen LogP contribution in [0.2, 0.25) is 0 Å². The van der Waals surface area contributed by atoms with Crippen molar-refractivity contribution in [3.8, 4) is 11.5 Å². The van der Waals surface area contributed by atoms with E-state index < -0.39 is 0 Å². The van der Waals surface area contributed by atoms with Gasteiger partial charge in [0.15, 0.2) is 17.5 Å². The van der Waals surface area contributed by atoms with Crippen molar-refractivity contribution in [2.45, 2.75) is 32.4 Å². The summed E-state index contributed by atoms with van der Waals surface area (Å²) in [5, 5.41) is 6.76. The van der Waals surface area contributed by atoms with Gasteiger partial charge in [0.05, 0.1) is 26.9 Å². The average Bonchev–Trinajstić information content (AvgIpc) is 2.69. The molecule has 2 rings (SSSR count). The monoisotopic (exact) mass is 506 g/mol. The van der Waals surface area contributed by atoms with Crippen LogP contribution in [0.4, 0.5) is 0 Å². The van der Waals surface area contributed by atoms with Crippen molar-refractivity contribution in [3.05, 3.63) is 24.3 Å². The van der Waals surface area contributed by atoms with Gasteiger partial charge in [0, 0.05) is 32.2 Å². The van der Waals surface area contributed by atoms with Crippen LogP contribution in [0.15, 0.2) is 29.3 Å². The van der Waals surface area contributed by atoms with E-state index in [0.717, 1.165) is 50.3 Å². The maximum Gasteiger partial charge on any atom is 0.191 e. The van der Waals surface area contributed by atoms with E-state index in [4.69, 9.17) is 14.2 Å². The Morgan fingerprint density at radius 1 is 1.21 bits per heavy atom. The van der Waals surface area contributed by atoms with Crippen LogP contribution in [-0.4, -0.2) is 76.1 Å². The van der Waals surface area contributed by atoms with Gasteiger partial charge < -0.3 is 24.8 Å². The van der Waals surface area contributed by atoms with Gasteiger partial charge >= 0.3 is 0 Å². The molecule has 0 aromatic heterocycles. The molecule has 0 bridgehead atoms. The highest BCUT2D eigenvalue weighted by molar-refractivity contribution is 14.0. The molecule has 0 radical (unpaired) electrons. The lowest BCUT2D eigenvalue weighted by atomic mass is 10.0. The molecule has 1 saturated heterocycles. The number of guanidine groups is 1. The lowest BCUT2D eigenvalue weighted by Crippen LogP contribution is -2.56. The van der Waals surface area contributed by atoms with Gasteiger partial charge in [-0.25, -0.2) is 0 Å². The van der Waals surface area contributed by atoms with Crippen LogP contribution in [0, 0.1) is 0 Å². The minimum absolute atomic E-state index is 0. The number of para-hydroxylation sites is 2. The molecule has 1 aromatic rings. The topological polar surface area (TPSA) is 67.4 Å². The predicted octanol–water partition coefficient (Wildman–Crippen LogP) is 2.36. The summed E-state index contributed by atoms with van der Waals surface area (Å²) in [4.78, 5) is 6.77. The minimum Gasteiger partial charge on any atom is -0.493 e. The van der Waals surface area contributed by atoms with Gasteiger partial charge in [-0.15, -0.1) is 24.0 Å². The van der Waals surface area contributed by atoms with Gasteiger partial charge in [-0.05, 0) is 32.9 Å². The van der Waals surface area contributed by atoms with E-state index in [9.17, 15) is 0 Å². The summed E-state index contributed by atoms with van der Waals surface area (Å²) < 4.78 is 16.8. The van der Waals surface area contributed by atoms with Crippen molar-refractivity contribution >= 4 is 29.9 Å². The van der Waals surface area contributed by atoms with E-state index in [1.54, 1.807) is 14.2 Å². The molecule has 1 aliphatic rings. The second-order valence-electron chi connectivity index (χ2n) is 7.30. The molecule has 1 fully saturated rings. The molecule has 0 spiro atoms. The Kier molecular flexibility index (Phi) is 10.9. The number of ether oxygens (including phenoxy) is 3. The van der Waals surface area contributed by atoms with Crippen LogP contribution in [0.1, 0.15) is 20.8 Å². The minimum atomic E-state index is -0.0351. The van der Waals surface area contributed by atoms with Crippen LogP contribution >= 0.6 is 24.0 Å². The van der Waals surface area contributed by atoms with Gasteiger partial charge in [0.1, 0.15) is 6.10 Å². The summed E-state index contributed by atoms with van der Waals surface area (Å²) in [6.45, 7) is 11.5. The number of morpholine rings is 1. The predicted molar refractivity (Wildman–Crippen MR) is 124 cm³/mol. The first-order chi connectivity index (χ1) is 13.0. The van der Waals surface area contributed by atoms with Gasteiger partial charge in [0.2, 0.25) is 0 Å². The Morgan fingerprint density at radius 2 is 1.86 bits per heavy atom. The molecule has 28 heavy (non-hydrogen) atoms. The van der Waals surface area contributed by atoms with Crippen LogP contribution < -0.4 is 20.1 Å². The number of aliphatic imine (C=N–C) groups is 1. The summed E-state index contributed by atoms with van der Waals surface area (Å²) >= 11 is 0. The van der Waals surface area contributed by atoms with Crippen LogP contribution in [0.25, 0.3) is 0 Å². The smallest absolute Gasteiger partial charge is 0.191 e. The summed E-state index contributed by atoms with van der Waals surface area (Å²) in [6.07, 6.45) is -0.0351. The zero-order valence-electron chi connectivity index (χ0n) is 17.7. The highest BCUT2D eigenvalue weighted by Crippen LogP contribution is 2.26. The fourth-order valence-corrected chi connectivity index (χ4v) is 3.02. The number of benzene rings is 1. The molecule has 0 amide bonds. The van der Waals surface area contributed by atoms with E-state index in [0.29, 0.717) is 6.54 Å². The van der Waals surface area contributed by atoms with Crippen molar-refractivity contribution in [1.29, 1.82) is 0 Å². The zero-order valence-corrected chi connectivity index (χ0v) is 20.0. The maximum atomic E-state index is 5.98. The molecule has 1 unspecified atom stereocenters. The number of rotatable bonds is 8. The molecule has 160 valence electrons. The molecule has 7 nitrogen and oxygen atoms in total. The number of methoxy groups -OCH3 is 1. The Labute approximate surface area is 186 Å². The molecule has 0 saturated carbocycles. The average molecular weight is 506 g/mol. The number of nitrogens with zero attached hydrogens (tertiary/aromatic N) is 2. The zero-order chi connectivity index (χ0) is 19.7. The van der Waals surface area contributed by atoms with E-state index in [1.807, 2.05) is 31.2 Å². The summed E-state index contributed by atoms with van der Waals surface area (Å²) in [7, 11) is 3.43. The lowest BCUT2D eigenvalue weighted by molar-refractivity contribution is -0.00834. The molecular formula is C20H35IN4O3. The summed E-state index contributed by atoms with van der Waals surface area (Å²) in [5.41, 5.74) is 0.0287. The first-order valence-corrected chi connectivity index (χ1v) is 9.53. The quantitative estimate of drug-likeness (QED) is 0.321. The number of hydrogen-bond donors (Lipinski definition) is 2. The number of hydrogen-bond acceptors (Lipinski definition) is 5. The third kappa shape index (κ3) is 7.63. The SMILES string of the molecule is CN=C(NCC(C)Oc1ccccc1OC)NCC(C)(C)N1CCOCC1.I. The Hall–Kier alpha value is -1.26. The molecule has 8 heteroatoms. The van der Waals surface area contributed by atoms with E-state index in [1.165, 1.54) is 0 Å². The lowest BCUT2D eigenvalue weighted by Gasteiger charge is -2.41. The maximum absolute atomic E-state index is 5.98. The highest BCUT2D eigenvalue weighted by atomic mass is 127. The molecule has 2 N–H and O–H groups in total. The first kappa shape index (κ1) is 24.8. The summed E-state index contributed by atoms with van der Waals surface area (Å²) in [6, 6.07) is 7.67. The Balaban J connectivity index is 0.00000392. The Morgan fingerprint density at radius 3 is 2.46 bits per heavy atom. The van der Waals surface area contributed by atoms with Crippen molar-refractivity contribution < 1.29 is 14.2 Å². The molecular weight excluding hydrogens is 471 g/mol. The normalized spacial score (nSPS) is 16.7. The standard InChI is InChI=1S/C20H34N4O3.HI/c1-16(27-18-9-7-6-8-17(18)25-5)14-22-19(21-4)23-15-20(2,3)24-10-12-26-13-11-24;/h6-9,16H,10-15H2,1-5H3,(H2,21,22,23);1H. The van der Waals surface area contributed by atoms with Gasteiger partial charge in [0.25, 0.3) is 0 Å². The molecule has 1 aliphatic heterocycles. The number of halogens is 1. The highest BCUT2D eigenvalue weighted by Gasteiger charge is 2.28. The number of nitrogens with one attached hydrogen (secondary N) is 2. The fraction of sp³-hybridized carbons (Fsp3) is 0.650.